The SMILES string of the molecule is NCc1ccncc1OC[C@@H]1CCN(C(=O)OCc2ccccc2)C1. The first-order chi connectivity index (χ1) is 12.3. The highest BCUT2D eigenvalue weighted by Crippen LogP contribution is 2.21. The zero-order valence-electron chi connectivity index (χ0n) is 14.1. The van der Waals surface area contributed by atoms with Gasteiger partial charge in [-0.05, 0) is 18.1 Å². The van der Waals surface area contributed by atoms with Crippen LogP contribution in [0.2, 0.25) is 0 Å². The smallest absolute Gasteiger partial charge is 0.410 e. The van der Waals surface area contributed by atoms with Gasteiger partial charge in [0.05, 0.1) is 12.8 Å². The van der Waals surface area contributed by atoms with Gasteiger partial charge in [0, 0.05) is 37.3 Å². The van der Waals surface area contributed by atoms with Crippen LogP contribution in [0.25, 0.3) is 0 Å². The summed E-state index contributed by atoms with van der Waals surface area (Å²) in [4.78, 5) is 18.0. The Bertz CT molecular complexity index is 693. The Balaban J connectivity index is 1.44. The molecule has 2 aromatic rings. The van der Waals surface area contributed by atoms with Crippen LogP contribution in [0, 0.1) is 5.92 Å². The van der Waals surface area contributed by atoms with Gasteiger partial charge >= 0.3 is 6.09 Å². The summed E-state index contributed by atoms with van der Waals surface area (Å²) < 4.78 is 11.2. The second-order valence-electron chi connectivity index (χ2n) is 6.14. The van der Waals surface area contributed by atoms with Crippen LogP contribution in [-0.4, -0.2) is 35.7 Å². The minimum Gasteiger partial charge on any atom is -0.491 e. The van der Waals surface area contributed by atoms with Crippen molar-refractivity contribution in [1.82, 2.24) is 9.88 Å². The molecule has 1 saturated heterocycles. The molecule has 1 aromatic carbocycles. The van der Waals surface area contributed by atoms with E-state index in [1.807, 2.05) is 36.4 Å². The molecule has 1 aromatic heterocycles. The zero-order chi connectivity index (χ0) is 17.5. The van der Waals surface area contributed by atoms with Crippen molar-refractivity contribution in [2.24, 2.45) is 11.7 Å². The lowest BCUT2D eigenvalue weighted by atomic mass is 10.1. The Hall–Kier alpha value is -2.60. The normalized spacial score (nSPS) is 16.7. The molecule has 132 valence electrons. The molecule has 2 N–H and O–H groups in total. The second kappa shape index (κ2) is 8.48. The molecule has 0 spiro atoms. The molecule has 6 heteroatoms. The molecular formula is C19H23N3O3. The fourth-order valence-corrected chi connectivity index (χ4v) is 2.86. The number of rotatable bonds is 6. The van der Waals surface area contributed by atoms with E-state index in [0.717, 1.165) is 23.3 Å². The van der Waals surface area contributed by atoms with Gasteiger partial charge in [0.15, 0.2) is 0 Å². The van der Waals surface area contributed by atoms with Crippen LogP contribution in [0.3, 0.4) is 0 Å². The van der Waals surface area contributed by atoms with Gasteiger partial charge in [-0.15, -0.1) is 0 Å². The number of nitrogens with zero attached hydrogens (tertiary/aromatic N) is 2. The standard InChI is InChI=1S/C19H23N3O3/c20-10-17-6-8-21-11-18(17)24-14-16-7-9-22(12-16)19(23)25-13-15-4-2-1-3-5-15/h1-6,8,11,16H,7,9-10,12-14,20H2/t16-/m1/s1. The van der Waals surface area contributed by atoms with Crippen molar-refractivity contribution < 1.29 is 14.3 Å². The predicted molar refractivity (Wildman–Crippen MR) is 93.9 cm³/mol. The van der Waals surface area contributed by atoms with Gasteiger partial charge in [0.1, 0.15) is 12.4 Å². The molecule has 1 fully saturated rings. The summed E-state index contributed by atoms with van der Waals surface area (Å²) in [5.74, 6) is 1.00. The Kier molecular flexibility index (Phi) is 5.85. The highest BCUT2D eigenvalue weighted by molar-refractivity contribution is 5.68. The van der Waals surface area contributed by atoms with Crippen LogP contribution >= 0.6 is 0 Å². The number of carbonyl (C=O) groups is 1. The Morgan fingerprint density at radius 3 is 2.92 bits per heavy atom. The first-order valence-corrected chi connectivity index (χ1v) is 8.47. The summed E-state index contributed by atoms with van der Waals surface area (Å²) in [6.45, 7) is 2.60. The second-order valence-corrected chi connectivity index (χ2v) is 6.14. The minimum absolute atomic E-state index is 0.268. The van der Waals surface area contributed by atoms with Gasteiger partial charge in [0.25, 0.3) is 0 Å². The predicted octanol–water partition coefficient (Wildman–Crippen LogP) is 2.58. The molecule has 1 aliphatic heterocycles. The molecule has 0 aliphatic carbocycles. The van der Waals surface area contributed by atoms with Crippen LogP contribution in [0.15, 0.2) is 48.8 Å². The van der Waals surface area contributed by atoms with Crippen LogP contribution in [0.5, 0.6) is 5.75 Å². The van der Waals surface area contributed by atoms with E-state index in [1.165, 1.54) is 0 Å². The lowest BCUT2D eigenvalue weighted by Crippen LogP contribution is -2.30. The summed E-state index contributed by atoms with van der Waals surface area (Å²) in [5.41, 5.74) is 7.62. The topological polar surface area (TPSA) is 77.7 Å². The molecule has 6 nitrogen and oxygen atoms in total. The van der Waals surface area contributed by atoms with Crippen molar-refractivity contribution in [3.8, 4) is 5.75 Å². The molecule has 0 unspecified atom stereocenters. The van der Waals surface area contributed by atoms with Crippen molar-refractivity contribution in [2.75, 3.05) is 19.7 Å². The quantitative estimate of drug-likeness (QED) is 0.874. The van der Waals surface area contributed by atoms with E-state index in [4.69, 9.17) is 15.2 Å². The molecule has 1 atom stereocenters. The maximum absolute atomic E-state index is 12.2. The number of ether oxygens (including phenoxy) is 2. The van der Waals surface area contributed by atoms with Gasteiger partial charge in [-0.25, -0.2) is 4.79 Å². The number of pyridine rings is 1. The van der Waals surface area contributed by atoms with Gasteiger partial charge in [-0.3, -0.25) is 4.98 Å². The average molecular weight is 341 g/mol. The van der Waals surface area contributed by atoms with E-state index < -0.39 is 0 Å². The number of carbonyl (C=O) groups excluding carboxylic acids is 1. The van der Waals surface area contributed by atoms with Gasteiger partial charge in [0.2, 0.25) is 0 Å². The fourth-order valence-electron chi connectivity index (χ4n) is 2.86. The van der Waals surface area contributed by atoms with Crippen molar-refractivity contribution in [1.29, 1.82) is 0 Å². The maximum atomic E-state index is 12.2. The number of hydrogen-bond acceptors (Lipinski definition) is 5. The first-order valence-electron chi connectivity index (χ1n) is 8.47. The molecular weight excluding hydrogens is 318 g/mol. The van der Waals surface area contributed by atoms with E-state index >= 15 is 0 Å². The number of likely N-dealkylation sites (tertiary alicyclic amines) is 1. The number of nitrogens with two attached hydrogens (primary N) is 1. The number of benzene rings is 1. The van der Waals surface area contributed by atoms with Crippen molar-refractivity contribution in [3.05, 3.63) is 59.9 Å². The van der Waals surface area contributed by atoms with Gasteiger partial charge < -0.3 is 20.1 Å². The van der Waals surface area contributed by atoms with Crippen LogP contribution < -0.4 is 10.5 Å². The Morgan fingerprint density at radius 1 is 1.28 bits per heavy atom. The summed E-state index contributed by atoms with van der Waals surface area (Å²) in [6.07, 6.45) is 4.02. The number of aromatic nitrogens is 1. The van der Waals surface area contributed by atoms with E-state index in [9.17, 15) is 4.79 Å². The molecule has 25 heavy (non-hydrogen) atoms. The average Bonchev–Trinajstić information content (AvgIpc) is 3.14. The minimum atomic E-state index is -0.268. The summed E-state index contributed by atoms with van der Waals surface area (Å²) in [7, 11) is 0. The lowest BCUT2D eigenvalue weighted by Gasteiger charge is -2.17. The molecule has 1 amide bonds. The lowest BCUT2D eigenvalue weighted by molar-refractivity contribution is 0.102. The van der Waals surface area contributed by atoms with E-state index in [1.54, 1.807) is 17.3 Å². The third kappa shape index (κ3) is 4.70. The Morgan fingerprint density at radius 2 is 2.12 bits per heavy atom. The Labute approximate surface area is 147 Å². The number of amides is 1. The van der Waals surface area contributed by atoms with Crippen molar-refractivity contribution in [2.45, 2.75) is 19.6 Å². The third-order valence-corrected chi connectivity index (χ3v) is 4.31. The summed E-state index contributed by atoms with van der Waals surface area (Å²) in [6, 6.07) is 11.5. The summed E-state index contributed by atoms with van der Waals surface area (Å²) in [5, 5.41) is 0. The van der Waals surface area contributed by atoms with E-state index in [-0.39, 0.29) is 12.0 Å². The monoisotopic (exact) mass is 341 g/mol. The van der Waals surface area contributed by atoms with Gasteiger partial charge in [-0.1, -0.05) is 30.3 Å². The fraction of sp³-hybridized carbons (Fsp3) is 0.368. The third-order valence-electron chi connectivity index (χ3n) is 4.31. The van der Waals surface area contributed by atoms with Crippen LogP contribution in [0.4, 0.5) is 4.79 Å². The van der Waals surface area contributed by atoms with Crippen molar-refractivity contribution >= 4 is 6.09 Å². The van der Waals surface area contributed by atoms with Crippen LogP contribution in [-0.2, 0) is 17.9 Å². The highest BCUT2D eigenvalue weighted by Gasteiger charge is 2.27. The zero-order valence-corrected chi connectivity index (χ0v) is 14.1. The highest BCUT2D eigenvalue weighted by atomic mass is 16.6. The van der Waals surface area contributed by atoms with E-state index in [0.29, 0.717) is 32.8 Å². The maximum Gasteiger partial charge on any atom is 0.410 e. The molecule has 2 heterocycles. The van der Waals surface area contributed by atoms with Crippen LogP contribution in [0.1, 0.15) is 17.5 Å². The molecule has 0 saturated carbocycles. The first kappa shape index (κ1) is 17.2. The van der Waals surface area contributed by atoms with Gasteiger partial charge in [-0.2, -0.15) is 0 Å². The van der Waals surface area contributed by atoms with Crippen molar-refractivity contribution in [3.63, 3.8) is 0 Å². The summed E-state index contributed by atoms with van der Waals surface area (Å²) >= 11 is 0. The molecule has 0 bridgehead atoms. The number of hydrogen-bond donors (Lipinski definition) is 1. The molecule has 3 rings (SSSR count). The van der Waals surface area contributed by atoms with E-state index in [2.05, 4.69) is 4.98 Å². The molecule has 0 radical (unpaired) electrons. The molecule has 1 aliphatic rings. The largest absolute Gasteiger partial charge is 0.491 e.